The average Bonchev–Trinajstić information content (AvgIpc) is 2.27. The lowest BCUT2D eigenvalue weighted by molar-refractivity contribution is 0.0693. The fourth-order valence-corrected chi connectivity index (χ4v) is 2.01. The topological polar surface area (TPSA) is 49.8 Å². The van der Waals surface area contributed by atoms with E-state index in [2.05, 4.69) is 25.8 Å². The van der Waals surface area contributed by atoms with Gasteiger partial charge in [-0.15, -0.1) is 0 Å². The Hall–Kier alpha value is -1.55. The van der Waals surface area contributed by atoms with Crippen LogP contribution in [0.2, 0.25) is 0 Å². The normalized spacial score (nSPS) is 11.0. The Kier molecular flexibility index (Phi) is 5.16. The van der Waals surface area contributed by atoms with Crippen molar-refractivity contribution in [3.63, 3.8) is 0 Å². The van der Waals surface area contributed by atoms with Crippen molar-refractivity contribution >= 4 is 5.97 Å². The summed E-state index contributed by atoms with van der Waals surface area (Å²) in [5.41, 5.74) is 1.26. The summed E-state index contributed by atoms with van der Waals surface area (Å²) < 4.78 is 5.11. The molecule has 0 aliphatic carbocycles. The summed E-state index contributed by atoms with van der Waals surface area (Å²) in [7, 11) is 3.54. The Labute approximate surface area is 108 Å². The molecule has 0 unspecified atom stereocenters. The standard InChI is InChI=1S/C14H21NO3/c1-10(2)8-15(3)9-11-5-6-12(14(16)17)13(7-11)18-4/h5-7,10H,8-9H2,1-4H3,(H,16,17). The smallest absolute Gasteiger partial charge is 0.339 e. The molecule has 4 heteroatoms. The molecule has 0 fully saturated rings. The van der Waals surface area contributed by atoms with E-state index in [0.29, 0.717) is 11.7 Å². The van der Waals surface area contributed by atoms with Crippen molar-refractivity contribution in [2.75, 3.05) is 20.7 Å². The van der Waals surface area contributed by atoms with Gasteiger partial charge in [0.15, 0.2) is 0 Å². The molecular weight excluding hydrogens is 230 g/mol. The minimum Gasteiger partial charge on any atom is -0.496 e. The van der Waals surface area contributed by atoms with Gasteiger partial charge in [0.25, 0.3) is 0 Å². The van der Waals surface area contributed by atoms with E-state index in [0.717, 1.165) is 18.7 Å². The highest BCUT2D eigenvalue weighted by Crippen LogP contribution is 2.21. The van der Waals surface area contributed by atoms with Crippen LogP contribution in [-0.4, -0.2) is 36.7 Å². The highest BCUT2D eigenvalue weighted by Gasteiger charge is 2.12. The molecule has 0 aliphatic heterocycles. The van der Waals surface area contributed by atoms with Gasteiger partial charge in [-0.25, -0.2) is 4.79 Å². The van der Waals surface area contributed by atoms with Crippen LogP contribution in [0.1, 0.15) is 29.8 Å². The summed E-state index contributed by atoms with van der Waals surface area (Å²) in [6.45, 7) is 6.13. The SMILES string of the molecule is COc1cc(CN(C)CC(C)C)ccc1C(=O)O. The second kappa shape index (κ2) is 6.40. The molecule has 0 heterocycles. The van der Waals surface area contributed by atoms with Crippen LogP contribution in [0.15, 0.2) is 18.2 Å². The summed E-state index contributed by atoms with van der Waals surface area (Å²) in [6, 6.07) is 5.22. The monoisotopic (exact) mass is 251 g/mol. The van der Waals surface area contributed by atoms with Gasteiger partial charge in [0.2, 0.25) is 0 Å². The van der Waals surface area contributed by atoms with Crippen LogP contribution >= 0.6 is 0 Å². The van der Waals surface area contributed by atoms with Gasteiger partial charge >= 0.3 is 5.97 Å². The lowest BCUT2D eigenvalue weighted by Gasteiger charge is -2.19. The Bertz CT molecular complexity index is 416. The molecule has 4 nitrogen and oxygen atoms in total. The third-order valence-electron chi connectivity index (χ3n) is 2.63. The third kappa shape index (κ3) is 4.04. The van der Waals surface area contributed by atoms with E-state index in [-0.39, 0.29) is 5.56 Å². The first-order valence-corrected chi connectivity index (χ1v) is 6.02. The van der Waals surface area contributed by atoms with E-state index in [1.807, 2.05) is 6.07 Å². The number of rotatable bonds is 6. The predicted molar refractivity (Wildman–Crippen MR) is 71.1 cm³/mol. The molecule has 0 aliphatic rings. The minimum absolute atomic E-state index is 0.202. The van der Waals surface area contributed by atoms with Crippen molar-refractivity contribution in [3.8, 4) is 5.75 Å². The molecule has 1 N–H and O–H groups in total. The van der Waals surface area contributed by atoms with Crippen LogP contribution in [0, 0.1) is 5.92 Å². The molecule has 0 bridgehead atoms. The fourth-order valence-electron chi connectivity index (χ4n) is 2.01. The number of carbonyl (C=O) groups is 1. The van der Waals surface area contributed by atoms with Gasteiger partial charge in [0.05, 0.1) is 7.11 Å². The molecule has 0 spiro atoms. The molecule has 0 aromatic heterocycles. The van der Waals surface area contributed by atoms with Crippen LogP contribution < -0.4 is 4.74 Å². The Morgan fingerprint density at radius 3 is 2.61 bits per heavy atom. The zero-order valence-electron chi connectivity index (χ0n) is 11.4. The largest absolute Gasteiger partial charge is 0.496 e. The van der Waals surface area contributed by atoms with Crippen LogP contribution in [0.4, 0.5) is 0 Å². The first-order valence-electron chi connectivity index (χ1n) is 6.02. The molecule has 0 atom stereocenters. The molecule has 0 saturated heterocycles. The number of nitrogens with zero attached hydrogens (tertiary/aromatic N) is 1. The van der Waals surface area contributed by atoms with E-state index >= 15 is 0 Å². The number of carboxylic acids is 1. The predicted octanol–water partition coefficient (Wildman–Crippen LogP) is 2.48. The zero-order valence-corrected chi connectivity index (χ0v) is 11.4. The molecule has 0 saturated carbocycles. The second-order valence-corrected chi connectivity index (χ2v) is 4.93. The number of aromatic carboxylic acids is 1. The van der Waals surface area contributed by atoms with Crippen LogP contribution in [0.5, 0.6) is 5.75 Å². The number of hydrogen-bond donors (Lipinski definition) is 1. The number of hydrogen-bond acceptors (Lipinski definition) is 3. The van der Waals surface area contributed by atoms with Crippen LogP contribution in [-0.2, 0) is 6.54 Å². The summed E-state index contributed by atoms with van der Waals surface area (Å²) in [4.78, 5) is 13.2. The zero-order chi connectivity index (χ0) is 13.7. The molecule has 1 aromatic rings. The average molecular weight is 251 g/mol. The van der Waals surface area contributed by atoms with E-state index in [1.165, 1.54) is 7.11 Å². The molecule has 0 amide bonds. The number of ether oxygens (including phenoxy) is 1. The first kappa shape index (κ1) is 14.5. The van der Waals surface area contributed by atoms with Gasteiger partial charge in [-0.3, -0.25) is 0 Å². The van der Waals surface area contributed by atoms with E-state index < -0.39 is 5.97 Å². The molecule has 100 valence electrons. The Balaban J connectivity index is 2.82. The Morgan fingerprint density at radius 2 is 2.11 bits per heavy atom. The van der Waals surface area contributed by atoms with Crippen LogP contribution in [0.25, 0.3) is 0 Å². The maximum absolute atomic E-state index is 11.0. The van der Waals surface area contributed by atoms with Crippen molar-refractivity contribution in [3.05, 3.63) is 29.3 Å². The molecule has 1 aromatic carbocycles. The number of carboxylic acid groups (broad SMARTS) is 1. The summed E-state index contributed by atoms with van der Waals surface area (Å²) in [6.07, 6.45) is 0. The van der Waals surface area contributed by atoms with E-state index in [4.69, 9.17) is 9.84 Å². The summed E-state index contributed by atoms with van der Waals surface area (Å²) >= 11 is 0. The highest BCUT2D eigenvalue weighted by atomic mass is 16.5. The first-order chi connectivity index (χ1) is 8.43. The molecule has 0 radical (unpaired) electrons. The van der Waals surface area contributed by atoms with Gasteiger partial charge in [-0.05, 0) is 30.7 Å². The minimum atomic E-state index is -0.964. The lowest BCUT2D eigenvalue weighted by atomic mass is 10.1. The molecule has 18 heavy (non-hydrogen) atoms. The van der Waals surface area contributed by atoms with E-state index in [9.17, 15) is 4.79 Å². The van der Waals surface area contributed by atoms with Gasteiger partial charge in [0.1, 0.15) is 11.3 Å². The highest BCUT2D eigenvalue weighted by molar-refractivity contribution is 5.90. The van der Waals surface area contributed by atoms with Crippen molar-refractivity contribution in [2.45, 2.75) is 20.4 Å². The fraction of sp³-hybridized carbons (Fsp3) is 0.500. The van der Waals surface area contributed by atoms with Gasteiger partial charge in [0, 0.05) is 13.1 Å². The van der Waals surface area contributed by atoms with Crippen LogP contribution in [0.3, 0.4) is 0 Å². The number of methoxy groups -OCH3 is 1. The summed E-state index contributed by atoms with van der Waals surface area (Å²) in [5, 5.41) is 9.00. The van der Waals surface area contributed by atoms with Crippen molar-refractivity contribution in [1.29, 1.82) is 0 Å². The van der Waals surface area contributed by atoms with Crippen molar-refractivity contribution < 1.29 is 14.6 Å². The third-order valence-corrected chi connectivity index (χ3v) is 2.63. The van der Waals surface area contributed by atoms with Gasteiger partial charge in [-0.2, -0.15) is 0 Å². The summed E-state index contributed by atoms with van der Waals surface area (Å²) in [5.74, 6) is 0.0575. The van der Waals surface area contributed by atoms with E-state index in [1.54, 1.807) is 12.1 Å². The lowest BCUT2D eigenvalue weighted by Crippen LogP contribution is -2.22. The van der Waals surface area contributed by atoms with Crippen molar-refractivity contribution in [2.24, 2.45) is 5.92 Å². The second-order valence-electron chi connectivity index (χ2n) is 4.93. The Morgan fingerprint density at radius 1 is 1.44 bits per heavy atom. The van der Waals surface area contributed by atoms with Gasteiger partial charge in [-0.1, -0.05) is 19.9 Å². The van der Waals surface area contributed by atoms with Crippen molar-refractivity contribution in [1.82, 2.24) is 4.90 Å². The molecule has 1 rings (SSSR count). The maximum atomic E-state index is 11.0. The molecular formula is C14H21NO3. The maximum Gasteiger partial charge on any atom is 0.339 e. The van der Waals surface area contributed by atoms with Gasteiger partial charge < -0.3 is 14.7 Å². The quantitative estimate of drug-likeness (QED) is 0.844. The number of benzene rings is 1.